The van der Waals surface area contributed by atoms with Crippen molar-refractivity contribution in [1.29, 1.82) is 0 Å². The van der Waals surface area contributed by atoms with E-state index in [0.29, 0.717) is 0 Å². The number of hydrogen-bond donors (Lipinski definition) is 3. The number of aliphatic hydroxyl groups is 1. The standard InChI is InChI=1S/C15H20N2O6/c1-10(18)13(14(20)22-2)17-12(19)8-16-15(21)23-9-11-6-4-3-5-7-11/h3-7,10,13,18H,8-9H2,1-2H3,(H,16,21)(H,17,19)/t10-,13+/m1/s1. The summed E-state index contributed by atoms with van der Waals surface area (Å²) in [5, 5.41) is 13.9. The summed E-state index contributed by atoms with van der Waals surface area (Å²) >= 11 is 0. The number of nitrogens with one attached hydrogen (secondary N) is 2. The van der Waals surface area contributed by atoms with Crippen molar-refractivity contribution in [3.63, 3.8) is 0 Å². The summed E-state index contributed by atoms with van der Waals surface area (Å²) in [4.78, 5) is 34.5. The third-order valence-corrected chi connectivity index (χ3v) is 2.86. The Morgan fingerprint density at radius 1 is 1.22 bits per heavy atom. The molecule has 126 valence electrons. The van der Waals surface area contributed by atoms with E-state index in [1.807, 2.05) is 18.2 Å². The first-order chi connectivity index (χ1) is 10.9. The highest BCUT2D eigenvalue weighted by Gasteiger charge is 2.26. The second-order valence-corrected chi connectivity index (χ2v) is 4.72. The molecule has 23 heavy (non-hydrogen) atoms. The van der Waals surface area contributed by atoms with Crippen molar-refractivity contribution in [2.75, 3.05) is 13.7 Å². The fourth-order valence-electron chi connectivity index (χ4n) is 1.65. The first-order valence-corrected chi connectivity index (χ1v) is 6.94. The highest BCUT2D eigenvalue weighted by atomic mass is 16.5. The lowest BCUT2D eigenvalue weighted by atomic mass is 10.2. The maximum absolute atomic E-state index is 11.7. The van der Waals surface area contributed by atoms with Gasteiger partial charge in [-0.15, -0.1) is 0 Å². The van der Waals surface area contributed by atoms with Gasteiger partial charge in [-0.3, -0.25) is 4.79 Å². The topological polar surface area (TPSA) is 114 Å². The van der Waals surface area contributed by atoms with Crippen LogP contribution < -0.4 is 10.6 Å². The van der Waals surface area contributed by atoms with E-state index in [1.165, 1.54) is 6.92 Å². The number of carbonyl (C=O) groups is 3. The highest BCUT2D eigenvalue weighted by molar-refractivity contribution is 5.87. The molecule has 1 rings (SSSR count). The Morgan fingerprint density at radius 2 is 1.87 bits per heavy atom. The van der Waals surface area contributed by atoms with Gasteiger partial charge in [-0.25, -0.2) is 9.59 Å². The lowest BCUT2D eigenvalue weighted by molar-refractivity contribution is -0.147. The number of ether oxygens (including phenoxy) is 2. The van der Waals surface area contributed by atoms with E-state index in [2.05, 4.69) is 15.4 Å². The second kappa shape index (κ2) is 9.42. The van der Waals surface area contributed by atoms with Crippen LogP contribution in [0.1, 0.15) is 12.5 Å². The third kappa shape index (κ3) is 6.79. The molecule has 8 nitrogen and oxygen atoms in total. The van der Waals surface area contributed by atoms with E-state index in [4.69, 9.17) is 4.74 Å². The predicted octanol–water partition coefficient (Wildman–Crippen LogP) is -0.0486. The van der Waals surface area contributed by atoms with Crippen LogP contribution in [0.3, 0.4) is 0 Å². The minimum atomic E-state index is -1.20. The Kier molecular flexibility index (Phi) is 7.55. The van der Waals surface area contributed by atoms with E-state index in [1.54, 1.807) is 12.1 Å². The van der Waals surface area contributed by atoms with Crippen molar-refractivity contribution in [2.45, 2.75) is 25.7 Å². The molecule has 0 fully saturated rings. The zero-order valence-electron chi connectivity index (χ0n) is 12.9. The molecule has 0 aliphatic carbocycles. The van der Waals surface area contributed by atoms with Gasteiger partial charge >= 0.3 is 12.1 Å². The van der Waals surface area contributed by atoms with Crippen LogP contribution in [0.5, 0.6) is 0 Å². The van der Waals surface area contributed by atoms with Gasteiger partial charge < -0.3 is 25.2 Å². The highest BCUT2D eigenvalue weighted by Crippen LogP contribution is 2.00. The lowest BCUT2D eigenvalue weighted by Crippen LogP contribution is -2.51. The molecule has 0 heterocycles. The smallest absolute Gasteiger partial charge is 0.407 e. The minimum absolute atomic E-state index is 0.0761. The van der Waals surface area contributed by atoms with Crippen LogP contribution in [-0.4, -0.2) is 48.9 Å². The summed E-state index contributed by atoms with van der Waals surface area (Å²) in [6.07, 6.45) is -1.90. The van der Waals surface area contributed by atoms with Gasteiger partial charge in [0.15, 0.2) is 6.04 Å². The molecule has 0 bridgehead atoms. The largest absolute Gasteiger partial charge is 0.467 e. The minimum Gasteiger partial charge on any atom is -0.467 e. The maximum atomic E-state index is 11.7. The monoisotopic (exact) mass is 324 g/mol. The SMILES string of the molecule is COC(=O)[C@@H](NC(=O)CNC(=O)OCc1ccccc1)[C@@H](C)O. The zero-order valence-corrected chi connectivity index (χ0v) is 12.9. The van der Waals surface area contributed by atoms with Crippen molar-refractivity contribution in [1.82, 2.24) is 10.6 Å². The van der Waals surface area contributed by atoms with Crippen LogP contribution >= 0.6 is 0 Å². The number of esters is 1. The van der Waals surface area contributed by atoms with Crippen LogP contribution in [-0.2, 0) is 25.7 Å². The number of methoxy groups -OCH3 is 1. The molecule has 0 saturated heterocycles. The molecule has 0 radical (unpaired) electrons. The van der Waals surface area contributed by atoms with Crippen molar-refractivity contribution < 1.29 is 29.0 Å². The number of aliphatic hydroxyl groups excluding tert-OH is 1. The van der Waals surface area contributed by atoms with Crippen molar-refractivity contribution in [3.05, 3.63) is 35.9 Å². The van der Waals surface area contributed by atoms with E-state index in [-0.39, 0.29) is 6.61 Å². The van der Waals surface area contributed by atoms with Crippen molar-refractivity contribution in [2.24, 2.45) is 0 Å². The summed E-state index contributed by atoms with van der Waals surface area (Å²) in [7, 11) is 1.14. The van der Waals surface area contributed by atoms with Gasteiger partial charge in [-0.05, 0) is 12.5 Å². The number of benzene rings is 1. The number of rotatable bonds is 7. The molecule has 2 amide bonds. The van der Waals surface area contributed by atoms with Gasteiger partial charge in [0.25, 0.3) is 0 Å². The predicted molar refractivity (Wildman–Crippen MR) is 80.3 cm³/mol. The summed E-state index contributed by atoms with van der Waals surface area (Å²) in [6.45, 7) is 1.02. The molecule has 0 unspecified atom stereocenters. The Labute approximate surface area is 133 Å². The van der Waals surface area contributed by atoms with Crippen LogP contribution in [0.4, 0.5) is 4.79 Å². The van der Waals surface area contributed by atoms with Crippen LogP contribution in [0.2, 0.25) is 0 Å². The summed E-state index contributed by atoms with van der Waals surface area (Å²) in [5.74, 6) is -1.43. The molecule has 0 aromatic heterocycles. The van der Waals surface area contributed by atoms with Gasteiger partial charge in [0, 0.05) is 0 Å². The van der Waals surface area contributed by atoms with Gasteiger partial charge in [0.2, 0.25) is 5.91 Å². The molecule has 0 aliphatic heterocycles. The summed E-state index contributed by atoms with van der Waals surface area (Å²) in [5.41, 5.74) is 0.812. The molecule has 0 spiro atoms. The van der Waals surface area contributed by atoms with Gasteiger partial charge in [-0.1, -0.05) is 30.3 Å². The van der Waals surface area contributed by atoms with Gasteiger partial charge in [-0.2, -0.15) is 0 Å². The van der Waals surface area contributed by atoms with E-state index in [0.717, 1.165) is 12.7 Å². The summed E-state index contributed by atoms with van der Waals surface area (Å²) < 4.78 is 9.39. The van der Waals surface area contributed by atoms with Gasteiger partial charge in [0.1, 0.15) is 13.2 Å². The average molecular weight is 324 g/mol. The van der Waals surface area contributed by atoms with Crippen molar-refractivity contribution in [3.8, 4) is 0 Å². The molecule has 0 saturated carbocycles. The maximum Gasteiger partial charge on any atom is 0.407 e. The Morgan fingerprint density at radius 3 is 2.43 bits per heavy atom. The number of amides is 2. The molecule has 1 aromatic carbocycles. The molecule has 0 aliphatic rings. The normalized spacial score (nSPS) is 12.7. The average Bonchev–Trinajstić information content (AvgIpc) is 2.55. The van der Waals surface area contributed by atoms with E-state index in [9.17, 15) is 19.5 Å². The number of hydrogen-bond acceptors (Lipinski definition) is 6. The molecule has 2 atom stereocenters. The van der Waals surface area contributed by atoms with E-state index >= 15 is 0 Å². The molecular weight excluding hydrogens is 304 g/mol. The Hall–Kier alpha value is -2.61. The Balaban J connectivity index is 2.34. The van der Waals surface area contributed by atoms with Gasteiger partial charge in [0.05, 0.1) is 13.2 Å². The van der Waals surface area contributed by atoms with Crippen LogP contribution in [0, 0.1) is 0 Å². The first kappa shape index (κ1) is 18.4. The zero-order chi connectivity index (χ0) is 17.2. The third-order valence-electron chi connectivity index (χ3n) is 2.86. The fourth-order valence-corrected chi connectivity index (χ4v) is 1.65. The molecule has 1 aromatic rings. The van der Waals surface area contributed by atoms with E-state index < -0.39 is 36.7 Å². The first-order valence-electron chi connectivity index (χ1n) is 6.94. The number of carbonyl (C=O) groups excluding carboxylic acids is 3. The lowest BCUT2D eigenvalue weighted by Gasteiger charge is -2.18. The van der Waals surface area contributed by atoms with Crippen LogP contribution in [0.25, 0.3) is 0 Å². The van der Waals surface area contributed by atoms with Crippen molar-refractivity contribution >= 4 is 18.0 Å². The summed E-state index contributed by atoms with van der Waals surface area (Å²) in [6, 6.07) is 7.86. The molecule has 8 heteroatoms. The quantitative estimate of drug-likeness (QED) is 0.606. The Bertz CT molecular complexity index is 532. The van der Waals surface area contributed by atoms with Crippen LogP contribution in [0.15, 0.2) is 30.3 Å². The second-order valence-electron chi connectivity index (χ2n) is 4.72. The fraction of sp³-hybridized carbons (Fsp3) is 0.400. The molecular formula is C15H20N2O6. The molecule has 3 N–H and O–H groups in total. The number of alkyl carbamates (subject to hydrolysis) is 1.